The van der Waals surface area contributed by atoms with E-state index in [1.165, 1.54) is 6.07 Å². The molecule has 0 bridgehead atoms. The molecule has 0 fully saturated rings. The van der Waals surface area contributed by atoms with Crippen LogP contribution in [0.5, 0.6) is 11.5 Å². The molecule has 29 heavy (non-hydrogen) atoms. The number of halogens is 2. The topological polar surface area (TPSA) is 34.1 Å². The van der Waals surface area contributed by atoms with Gasteiger partial charge in [0.1, 0.15) is 17.3 Å². The van der Waals surface area contributed by atoms with E-state index in [4.69, 9.17) is 14.6 Å². The van der Waals surface area contributed by atoms with E-state index in [-0.39, 0.29) is 11.9 Å². The second kappa shape index (κ2) is 7.19. The molecule has 0 saturated carbocycles. The van der Waals surface area contributed by atoms with Gasteiger partial charge in [-0.15, -0.1) is 0 Å². The van der Waals surface area contributed by atoms with Crippen LogP contribution in [0, 0.1) is 5.82 Å². The summed E-state index contributed by atoms with van der Waals surface area (Å²) >= 11 is 3.55. The van der Waals surface area contributed by atoms with E-state index in [0.29, 0.717) is 12.0 Å². The number of rotatable bonds is 3. The minimum atomic E-state index is -0.627. The van der Waals surface area contributed by atoms with Gasteiger partial charge in [-0.25, -0.2) is 9.40 Å². The van der Waals surface area contributed by atoms with Crippen molar-refractivity contribution in [3.8, 4) is 11.5 Å². The van der Waals surface area contributed by atoms with Gasteiger partial charge in [0.05, 0.1) is 24.4 Å². The summed E-state index contributed by atoms with van der Waals surface area (Å²) in [5.74, 6) is 1.23. The summed E-state index contributed by atoms with van der Waals surface area (Å²) < 4.78 is 27.2. The van der Waals surface area contributed by atoms with Crippen LogP contribution in [0.2, 0.25) is 0 Å². The van der Waals surface area contributed by atoms with Gasteiger partial charge in [-0.2, -0.15) is 5.10 Å². The Hall–Kier alpha value is -2.86. The van der Waals surface area contributed by atoms with Gasteiger partial charge in [0.25, 0.3) is 0 Å². The molecule has 0 spiro atoms. The van der Waals surface area contributed by atoms with Crippen molar-refractivity contribution >= 4 is 21.6 Å². The first-order valence-corrected chi connectivity index (χ1v) is 10.1. The summed E-state index contributed by atoms with van der Waals surface area (Å²) in [5, 5.41) is 6.75. The van der Waals surface area contributed by atoms with Crippen LogP contribution in [0.15, 0.2) is 76.3 Å². The molecule has 6 heteroatoms. The Morgan fingerprint density at radius 2 is 1.93 bits per heavy atom. The molecular weight excluding hydrogens is 435 g/mol. The van der Waals surface area contributed by atoms with Crippen molar-refractivity contribution < 1.29 is 13.9 Å². The van der Waals surface area contributed by atoms with Crippen molar-refractivity contribution in [2.45, 2.75) is 18.7 Å². The number of hydrogen-bond acceptors (Lipinski definition) is 4. The van der Waals surface area contributed by atoms with Gasteiger partial charge in [-0.05, 0) is 36.4 Å². The minimum absolute atomic E-state index is 0.0398. The summed E-state index contributed by atoms with van der Waals surface area (Å²) in [4.78, 5) is 0. The summed E-state index contributed by atoms with van der Waals surface area (Å²) in [6.07, 6.45) is 0.0725. The predicted octanol–water partition coefficient (Wildman–Crippen LogP) is 5.84. The van der Waals surface area contributed by atoms with Crippen molar-refractivity contribution in [1.29, 1.82) is 0 Å². The Bertz CT molecular complexity index is 1120. The molecule has 4 nitrogen and oxygen atoms in total. The molecule has 2 heterocycles. The molecule has 0 radical (unpaired) electrons. The third-order valence-corrected chi connectivity index (χ3v) is 5.82. The Morgan fingerprint density at radius 1 is 1.07 bits per heavy atom. The molecule has 0 unspecified atom stereocenters. The minimum Gasteiger partial charge on any atom is -0.497 e. The lowest BCUT2D eigenvalue weighted by Crippen LogP contribution is -2.34. The zero-order valence-corrected chi connectivity index (χ0v) is 17.3. The predicted molar refractivity (Wildman–Crippen MR) is 113 cm³/mol. The standard InChI is InChI=1S/C23H18BrFN2O2/c1-28-16-6-4-5-14(11-16)20-13-21-18-12-15(24)9-10-22(18)29-23(27(21)26-20)17-7-2-3-8-19(17)25/h2-12,21,23H,13H2,1H3/t21-,23-/m1/s1. The highest BCUT2D eigenvalue weighted by Crippen LogP contribution is 2.48. The number of ether oxygens (including phenoxy) is 2. The van der Waals surface area contributed by atoms with Gasteiger partial charge >= 0.3 is 0 Å². The van der Waals surface area contributed by atoms with E-state index >= 15 is 0 Å². The third-order valence-electron chi connectivity index (χ3n) is 5.33. The smallest absolute Gasteiger partial charge is 0.216 e. The van der Waals surface area contributed by atoms with Crippen LogP contribution in [0.3, 0.4) is 0 Å². The van der Waals surface area contributed by atoms with Gasteiger partial charge in [0.15, 0.2) is 0 Å². The van der Waals surface area contributed by atoms with Gasteiger partial charge in [-0.1, -0.05) is 46.3 Å². The van der Waals surface area contributed by atoms with Crippen molar-refractivity contribution in [1.82, 2.24) is 5.01 Å². The Morgan fingerprint density at radius 3 is 2.76 bits per heavy atom. The molecule has 3 aromatic carbocycles. The lowest BCUT2D eigenvalue weighted by Gasteiger charge is -2.38. The molecule has 0 N–H and O–H groups in total. The fourth-order valence-corrected chi connectivity index (χ4v) is 4.29. The highest BCUT2D eigenvalue weighted by Gasteiger charge is 2.41. The fraction of sp³-hybridized carbons (Fsp3) is 0.174. The number of hydrazone groups is 1. The van der Waals surface area contributed by atoms with Crippen LogP contribution in [0.1, 0.15) is 35.4 Å². The maximum Gasteiger partial charge on any atom is 0.216 e. The molecule has 0 aliphatic carbocycles. The maximum absolute atomic E-state index is 14.6. The van der Waals surface area contributed by atoms with Gasteiger partial charge in [0, 0.05) is 22.0 Å². The van der Waals surface area contributed by atoms with Crippen LogP contribution in [0.4, 0.5) is 4.39 Å². The number of fused-ring (bicyclic) bond motifs is 3. The molecule has 2 aliphatic rings. The average Bonchev–Trinajstić information content (AvgIpc) is 3.20. The van der Waals surface area contributed by atoms with E-state index < -0.39 is 6.23 Å². The SMILES string of the molecule is COc1cccc(C2=NN3[C@H](C2)c2cc(Br)ccc2O[C@@H]3c2ccccc2F)c1. The van der Waals surface area contributed by atoms with Crippen molar-refractivity contribution in [3.63, 3.8) is 0 Å². The van der Waals surface area contributed by atoms with Crippen LogP contribution in [-0.2, 0) is 0 Å². The molecule has 3 aromatic rings. The van der Waals surface area contributed by atoms with Crippen molar-refractivity contribution in [2.24, 2.45) is 5.10 Å². The Balaban J connectivity index is 1.62. The average molecular weight is 453 g/mol. The lowest BCUT2D eigenvalue weighted by molar-refractivity contribution is -0.0212. The van der Waals surface area contributed by atoms with Gasteiger partial charge in [0.2, 0.25) is 6.23 Å². The quantitative estimate of drug-likeness (QED) is 0.500. The zero-order chi connectivity index (χ0) is 20.0. The van der Waals surface area contributed by atoms with Crippen molar-refractivity contribution in [3.05, 3.63) is 93.7 Å². The van der Waals surface area contributed by atoms with E-state index in [0.717, 1.165) is 32.8 Å². The number of methoxy groups -OCH3 is 1. The molecule has 0 amide bonds. The highest BCUT2D eigenvalue weighted by molar-refractivity contribution is 9.10. The maximum atomic E-state index is 14.6. The number of nitrogens with zero attached hydrogens (tertiary/aromatic N) is 2. The first-order chi connectivity index (χ1) is 14.1. The molecule has 2 aliphatic heterocycles. The first-order valence-electron chi connectivity index (χ1n) is 9.35. The first kappa shape index (κ1) is 18.2. The molecule has 2 atom stereocenters. The fourth-order valence-electron chi connectivity index (χ4n) is 3.92. The summed E-state index contributed by atoms with van der Waals surface area (Å²) in [7, 11) is 1.65. The van der Waals surface area contributed by atoms with Gasteiger partial charge < -0.3 is 9.47 Å². The zero-order valence-electron chi connectivity index (χ0n) is 15.7. The van der Waals surface area contributed by atoms with Gasteiger partial charge in [-0.3, -0.25) is 0 Å². The molecule has 146 valence electrons. The molecular formula is C23H18BrFN2O2. The van der Waals surface area contributed by atoms with E-state index in [1.807, 2.05) is 47.5 Å². The number of benzene rings is 3. The third kappa shape index (κ3) is 3.17. The van der Waals surface area contributed by atoms with Crippen LogP contribution < -0.4 is 9.47 Å². The monoisotopic (exact) mass is 452 g/mol. The second-order valence-electron chi connectivity index (χ2n) is 7.05. The Labute approximate surface area is 176 Å². The highest BCUT2D eigenvalue weighted by atomic mass is 79.9. The van der Waals surface area contributed by atoms with Crippen molar-refractivity contribution in [2.75, 3.05) is 7.11 Å². The molecule has 5 rings (SSSR count). The molecule has 0 saturated heterocycles. The van der Waals surface area contributed by atoms with Crippen LogP contribution >= 0.6 is 15.9 Å². The second-order valence-corrected chi connectivity index (χ2v) is 7.97. The summed E-state index contributed by atoms with van der Waals surface area (Å²) in [6, 6.07) is 20.4. The summed E-state index contributed by atoms with van der Waals surface area (Å²) in [5.41, 5.74) is 3.42. The summed E-state index contributed by atoms with van der Waals surface area (Å²) in [6.45, 7) is 0. The Kier molecular flexibility index (Phi) is 4.51. The van der Waals surface area contributed by atoms with E-state index in [1.54, 1.807) is 19.2 Å². The number of hydrogen-bond donors (Lipinski definition) is 0. The lowest BCUT2D eigenvalue weighted by atomic mass is 9.96. The largest absolute Gasteiger partial charge is 0.497 e. The molecule has 0 aromatic heterocycles. The van der Waals surface area contributed by atoms with E-state index in [9.17, 15) is 4.39 Å². The van der Waals surface area contributed by atoms with Crippen LogP contribution in [0.25, 0.3) is 0 Å². The van der Waals surface area contributed by atoms with E-state index in [2.05, 4.69) is 22.0 Å². The van der Waals surface area contributed by atoms with Crippen LogP contribution in [-0.4, -0.2) is 17.8 Å². The normalized spacial score (nSPS) is 19.8.